The van der Waals surface area contributed by atoms with E-state index in [9.17, 15) is 4.79 Å². The highest BCUT2D eigenvalue weighted by atomic mass is 32.1. The normalized spacial score (nSPS) is 10.7. The van der Waals surface area contributed by atoms with E-state index in [-0.39, 0.29) is 5.91 Å². The van der Waals surface area contributed by atoms with Crippen molar-refractivity contribution in [3.05, 3.63) is 52.2 Å². The predicted molar refractivity (Wildman–Crippen MR) is 90.4 cm³/mol. The molecule has 22 heavy (non-hydrogen) atoms. The van der Waals surface area contributed by atoms with Crippen molar-refractivity contribution < 1.29 is 9.53 Å². The minimum absolute atomic E-state index is 0.0626. The lowest BCUT2D eigenvalue weighted by atomic mass is 10.1. The summed E-state index contributed by atoms with van der Waals surface area (Å²) < 4.78 is 5.12. The van der Waals surface area contributed by atoms with Crippen molar-refractivity contribution >= 4 is 17.2 Å². The number of hydrogen-bond donors (Lipinski definition) is 1. The molecule has 0 aliphatic carbocycles. The first-order valence-corrected chi connectivity index (χ1v) is 8.16. The number of hydrogen-bond acceptors (Lipinski definition) is 4. The second-order valence-electron chi connectivity index (χ2n) is 5.20. The van der Waals surface area contributed by atoms with E-state index in [0.717, 1.165) is 18.7 Å². The lowest BCUT2D eigenvalue weighted by molar-refractivity contribution is -0.122. The fourth-order valence-corrected chi connectivity index (χ4v) is 2.95. The maximum atomic E-state index is 11.9. The largest absolute Gasteiger partial charge is 0.497 e. The summed E-state index contributed by atoms with van der Waals surface area (Å²) in [6, 6.07) is 12.0. The van der Waals surface area contributed by atoms with Gasteiger partial charge in [-0.3, -0.25) is 9.69 Å². The number of benzene rings is 1. The number of carbonyl (C=O) groups excluding carboxylic acids is 1. The lowest BCUT2D eigenvalue weighted by Gasteiger charge is -2.15. The Balaban J connectivity index is 1.66. The molecule has 1 amide bonds. The fraction of sp³-hybridized carbons (Fsp3) is 0.353. The molecule has 0 radical (unpaired) electrons. The molecule has 0 fully saturated rings. The minimum atomic E-state index is 0.0626. The SMILES string of the molecule is COc1ccc(CCNC(=O)CN(C)Cc2cccs2)cc1. The molecular weight excluding hydrogens is 296 g/mol. The third-order valence-electron chi connectivity index (χ3n) is 3.31. The van der Waals surface area contributed by atoms with Gasteiger partial charge in [-0.2, -0.15) is 0 Å². The summed E-state index contributed by atoms with van der Waals surface area (Å²) in [6.45, 7) is 1.88. The van der Waals surface area contributed by atoms with Crippen molar-refractivity contribution in [3.8, 4) is 5.75 Å². The van der Waals surface area contributed by atoms with E-state index in [1.54, 1.807) is 18.4 Å². The van der Waals surface area contributed by atoms with Crippen molar-refractivity contribution in [1.29, 1.82) is 0 Å². The van der Waals surface area contributed by atoms with Gasteiger partial charge >= 0.3 is 0 Å². The Hall–Kier alpha value is -1.85. The summed E-state index contributed by atoms with van der Waals surface area (Å²) in [5.74, 6) is 0.913. The van der Waals surface area contributed by atoms with Gasteiger partial charge in [0.05, 0.1) is 13.7 Å². The Morgan fingerprint density at radius 3 is 2.68 bits per heavy atom. The molecule has 0 spiro atoms. The fourth-order valence-electron chi connectivity index (χ4n) is 2.16. The Morgan fingerprint density at radius 2 is 2.05 bits per heavy atom. The number of nitrogens with zero attached hydrogens (tertiary/aromatic N) is 1. The summed E-state index contributed by atoms with van der Waals surface area (Å²) >= 11 is 1.71. The van der Waals surface area contributed by atoms with E-state index in [1.807, 2.05) is 42.3 Å². The van der Waals surface area contributed by atoms with Crippen molar-refractivity contribution in [2.45, 2.75) is 13.0 Å². The zero-order chi connectivity index (χ0) is 15.8. The molecule has 0 saturated heterocycles. The molecule has 1 heterocycles. The number of nitrogens with one attached hydrogen (secondary N) is 1. The molecular formula is C17H22N2O2S. The third kappa shape index (κ3) is 5.50. The molecule has 118 valence electrons. The first-order chi connectivity index (χ1) is 10.7. The summed E-state index contributed by atoms with van der Waals surface area (Å²) in [5.41, 5.74) is 1.19. The van der Waals surface area contributed by atoms with Gasteiger partial charge in [-0.25, -0.2) is 0 Å². The number of carbonyl (C=O) groups is 1. The molecule has 0 aliphatic heterocycles. The van der Waals surface area contributed by atoms with E-state index >= 15 is 0 Å². The van der Waals surface area contributed by atoms with Crippen LogP contribution in [0.15, 0.2) is 41.8 Å². The number of methoxy groups -OCH3 is 1. The van der Waals surface area contributed by atoms with E-state index in [2.05, 4.69) is 16.8 Å². The second kappa shape index (κ2) is 8.56. The first kappa shape index (κ1) is 16.5. The molecule has 0 unspecified atom stereocenters. The molecule has 0 aliphatic rings. The van der Waals surface area contributed by atoms with Crippen LogP contribution in [-0.2, 0) is 17.8 Å². The second-order valence-corrected chi connectivity index (χ2v) is 6.23. The van der Waals surface area contributed by atoms with Crippen LogP contribution in [0.1, 0.15) is 10.4 Å². The Kier molecular flexibility index (Phi) is 6.43. The van der Waals surface area contributed by atoms with Crippen molar-refractivity contribution in [3.63, 3.8) is 0 Å². The van der Waals surface area contributed by atoms with Crippen molar-refractivity contribution in [2.75, 3.05) is 27.2 Å². The van der Waals surface area contributed by atoms with Crippen LogP contribution in [0.2, 0.25) is 0 Å². The third-order valence-corrected chi connectivity index (χ3v) is 4.18. The average molecular weight is 318 g/mol. The van der Waals surface area contributed by atoms with E-state index < -0.39 is 0 Å². The van der Waals surface area contributed by atoms with Gasteiger partial charge in [-0.1, -0.05) is 18.2 Å². The molecule has 4 nitrogen and oxygen atoms in total. The van der Waals surface area contributed by atoms with Gasteiger partial charge in [-0.15, -0.1) is 11.3 Å². The number of amides is 1. The Labute approximate surface area is 135 Å². The van der Waals surface area contributed by atoms with Crippen LogP contribution >= 0.6 is 11.3 Å². The van der Waals surface area contributed by atoms with Crippen LogP contribution in [-0.4, -0.2) is 38.1 Å². The average Bonchev–Trinajstić information content (AvgIpc) is 3.00. The molecule has 1 N–H and O–H groups in total. The van der Waals surface area contributed by atoms with E-state index in [0.29, 0.717) is 13.1 Å². The highest BCUT2D eigenvalue weighted by Crippen LogP contribution is 2.11. The van der Waals surface area contributed by atoms with Gasteiger partial charge in [0.2, 0.25) is 5.91 Å². The summed E-state index contributed by atoms with van der Waals surface area (Å²) in [6.07, 6.45) is 0.824. The van der Waals surface area contributed by atoms with Crippen LogP contribution < -0.4 is 10.1 Å². The van der Waals surface area contributed by atoms with Crippen molar-refractivity contribution in [1.82, 2.24) is 10.2 Å². The molecule has 2 aromatic rings. The van der Waals surface area contributed by atoms with Crippen LogP contribution in [0.3, 0.4) is 0 Å². The number of ether oxygens (including phenoxy) is 1. The first-order valence-electron chi connectivity index (χ1n) is 7.28. The maximum Gasteiger partial charge on any atom is 0.234 e. The standard InChI is InChI=1S/C17H22N2O2S/c1-19(12-16-4-3-11-22-16)13-17(20)18-10-9-14-5-7-15(21-2)8-6-14/h3-8,11H,9-10,12-13H2,1-2H3,(H,18,20). The molecule has 5 heteroatoms. The lowest BCUT2D eigenvalue weighted by Crippen LogP contribution is -2.35. The minimum Gasteiger partial charge on any atom is -0.497 e. The topological polar surface area (TPSA) is 41.6 Å². The van der Waals surface area contributed by atoms with Gasteiger partial charge in [0.1, 0.15) is 5.75 Å². The van der Waals surface area contributed by atoms with Crippen molar-refractivity contribution in [2.24, 2.45) is 0 Å². The zero-order valence-corrected chi connectivity index (χ0v) is 13.9. The zero-order valence-electron chi connectivity index (χ0n) is 13.0. The van der Waals surface area contributed by atoms with Gasteiger partial charge in [0.25, 0.3) is 0 Å². The van der Waals surface area contributed by atoms with Crippen LogP contribution in [0.5, 0.6) is 5.75 Å². The van der Waals surface area contributed by atoms with Crippen LogP contribution in [0, 0.1) is 0 Å². The summed E-state index contributed by atoms with van der Waals surface area (Å²) in [5, 5.41) is 5.02. The van der Waals surface area contributed by atoms with Gasteiger partial charge < -0.3 is 10.1 Å². The molecule has 1 aromatic carbocycles. The highest BCUT2D eigenvalue weighted by Gasteiger charge is 2.07. The monoisotopic (exact) mass is 318 g/mol. The smallest absolute Gasteiger partial charge is 0.234 e. The van der Waals surface area contributed by atoms with Gasteiger partial charge in [0.15, 0.2) is 0 Å². The maximum absolute atomic E-state index is 11.9. The molecule has 0 bridgehead atoms. The molecule has 0 atom stereocenters. The van der Waals surface area contributed by atoms with Gasteiger partial charge in [0, 0.05) is 18.0 Å². The number of rotatable bonds is 8. The quantitative estimate of drug-likeness (QED) is 0.813. The highest BCUT2D eigenvalue weighted by molar-refractivity contribution is 7.09. The predicted octanol–water partition coefficient (Wildman–Crippen LogP) is 2.55. The number of thiophene rings is 1. The van der Waals surface area contributed by atoms with Crippen LogP contribution in [0.25, 0.3) is 0 Å². The number of likely N-dealkylation sites (N-methyl/N-ethyl adjacent to an activating group) is 1. The Morgan fingerprint density at radius 1 is 1.27 bits per heavy atom. The van der Waals surface area contributed by atoms with Crippen LogP contribution in [0.4, 0.5) is 0 Å². The van der Waals surface area contributed by atoms with Gasteiger partial charge in [-0.05, 0) is 42.6 Å². The summed E-state index contributed by atoms with van der Waals surface area (Å²) in [7, 11) is 3.62. The summed E-state index contributed by atoms with van der Waals surface area (Å²) in [4.78, 5) is 15.2. The Bertz CT molecular complexity index is 567. The van der Waals surface area contributed by atoms with E-state index in [1.165, 1.54) is 10.4 Å². The molecule has 1 aromatic heterocycles. The molecule has 2 rings (SSSR count). The molecule has 0 saturated carbocycles. The van der Waals surface area contributed by atoms with E-state index in [4.69, 9.17) is 4.74 Å².